The van der Waals surface area contributed by atoms with Gasteiger partial charge in [-0.1, -0.05) is 23.2 Å². The van der Waals surface area contributed by atoms with Crippen LogP contribution in [0.4, 0.5) is 11.4 Å². The fraction of sp³-hybridized carbons (Fsp3) is 0.0500. The number of halogens is 2. The van der Waals surface area contributed by atoms with Crippen LogP contribution in [0.25, 0.3) is 0 Å². The number of ether oxygens (including phenoxy) is 1. The number of amides is 2. The first-order valence-corrected chi connectivity index (χ1v) is 8.98. The van der Waals surface area contributed by atoms with E-state index in [-0.39, 0.29) is 6.42 Å². The molecule has 0 aliphatic heterocycles. The zero-order valence-electron chi connectivity index (χ0n) is 14.5. The quantitative estimate of drug-likeness (QED) is 0.545. The summed E-state index contributed by atoms with van der Waals surface area (Å²) in [5.74, 6) is 0.304. The monoisotopic (exact) mass is 415 g/mol. The number of carbonyl (C=O) groups is 2. The summed E-state index contributed by atoms with van der Waals surface area (Å²) >= 11 is 11.9. The van der Waals surface area contributed by atoms with Gasteiger partial charge in [0.05, 0.1) is 10.7 Å². The standard InChI is InChI=1S/C20H15Cl2N3O3/c21-13-1-6-17(22)18(11-13)25-20(27)12-19(26)24-14-2-4-15(5-3-14)28-16-7-9-23-10-8-16/h1-11H,12H2,(H,24,26)(H,25,27). The van der Waals surface area contributed by atoms with Gasteiger partial charge in [-0.15, -0.1) is 0 Å². The van der Waals surface area contributed by atoms with Gasteiger partial charge in [0.2, 0.25) is 11.8 Å². The third kappa shape index (κ3) is 5.70. The predicted octanol–water partition coefficient (Wildman–Crippen LogP) is 5.15. The Morgan fingerprint density at radius 1 is 0.857 bits per heavy atom. The molecule has 0 radical (unpaired) electrons. The minimum absolute atomic E-state index is 0.336. The number of pyridine rings is 1. The lowest BCUT2D eigenvalue weighted by atomic mass is 10.2. The van der Waals surface area contributed by atoms with Crippen LogP contribution in [-0.2, 0) is 9.59 Å². The van der Waals surface area contributed by atoms with E-state index in [0.717, 1.165) is 0 Å². The molecule has 0 aliphatic carbocycles. The molecule has 1 aromatic heterocycles. The average Bonchev–Trinajstić information content (AvgIpc) is 2.67. The van der Waals surface area contributed by atoms with E-state index in [2.05, 4.69) is 15.6 Å². The van der Waals surface area contributed by atoms with Crippen molar-refractivity contribution in [3.63, 3.8) is 0 Å². The zero-order valence-corrected chi connectivity index (χ0v) is 16.0. The minimum Gasteiger partial charge on any atom is -0.457 e. The van der Waals surface area contributed by atoms with E-state index < -0.39 is 11.8 Å². The van der Waals surface area contributed by atoms with E-state index in [1.54, 1.807) is 60.9 Å². The summed E-state index contributed by atoms with van der Waals surface area (Å²) in [4.78, 5) is 28.0. The maximum Gasteiger partial charge on any atom is 0.233 e. The Kier molecular flexibility index (Phi) is 6.47. The average molecular weight is 416 g/mol. The summed E-state index contributed by atoms with van der Waals surface area (Å²) in [6, 6.07) is 14.9. The topological polar surface area (TPSA) is 80.3 Å². The minimum atomic E-state index is -0.501. The van der Waals surface area contributed by atoms with Crippen LogP contribution < -0.4 is 15.4 Å². The molecule has 2 N–H and O–H groups in total. The van der Waals surface area contributed by atoms with Gasteiger partial charge >= 0.3 is 0 Å². The molecule has 0 atom stereocenters. The molecule has 0 saturated carbocycles. The first kappa shape index (κ1) is 19.7. The highest BCUT2D eigenvalue weighted by Gasteiger charge is 2.12. The fourth-order valence-corrected chi connectivity index (χ4v) is 2.62. The van der Waals surface area contributed by atoms with Gasteiger partial charge in [-0.05, 0) is 54.6 Å². The first-order chi connectivity index (χ1) is 13.5. The number of nitrogens with zero attached hydrogens (tertiary/aromatic N) is 1. The summed E-state index contributed by atoms with van der Waals surface area (Å²) < 4.78 is 5.65. The molecule has 0 aliphatic rings. The van der Waals surface area contributed by atoms with Crippen LogP contribution in [0.15, 0.2) is 67.0 Å². The van der Waals surface area contributed by atoms with Gasteiger partial charge in [0.25, 0.3) is 0 Å². The van der Waals surface area contributed by atoms with Crippen molar-refractivity contribution in [3.05, 3.63) is 77.0 Å². The lowest BCUT2D eigenvalue weighted by Gasteiger charge is -2.09. The molecule has 0 spiro atoms. The van der Waals surface area contributed by atoms with Gasteiger partial charge in [0, 0.05) is 23.1 Å². The molecule has 3 aromatic rings. The lowest BCUT2D eigenvalue weighted by Crippen LogP contribution is -2.21. The zero-order chi connectivity index (χ0) is 19.9. The highest BCUT2D eigenvalue weighted by molar-refractivity contribution is 6.35. The molecule has 28 heavy (non-hydrogen) atoms. The van der Waals surface area contributed by atoms with Gasteiger partial charge in [-0.2, -0.15) is 0 Å². The van der Waals surface area contributed by atoms with Gasteiger partial charge in [-0.25, -0.2) is 0 Å². The molecule has 0 unspecified atom stereocenters. The third-order valence-corrected chi connectivity index (χ3v) is 4.11. The Morgan fingerprint density at radius 3 is 2.21 bits per heavy atom. The van der Waals surface area contributed by atoms with Crippen molar-refractivity contribution in [1.82, 2.24) is 4.98 Å². The molecular formula is C20H15Cl2N3O3. The van der Waals surface area contributed by atoms with Crippen LogP contribution in [0, 0.1) is 0 Å². The Morgan fingerprint density at radius 2 is 1.50 bits per heavy atom. The normalized spacial score (nSPS) is 10.2. The number of anilines is 2. The first-order valence-electron chi connectivity index (χ1n) is 8.22. The van der Waals surface area contributed by atoms with Crippen molar-refractivity contribution in [2.75, 3.05) is 10.6 Å². The smallest absolute Gasteiger partial charge is 0.233 e. The second-order valence-electron chi connectivity index (χ2n) is 5.71. The fourth-order valence-electron chi connectivity index (χ4n) is 2.29. The van der Waals surface area contributed by atoms with Crippen LogP contribution in [0.3, 0.4) is 0 Å². The molecule has 142 valence electrons. The van der Waals surface area contributed by atoms with Crippen LogP contribution in [-0.4, -0.2) is 16.8 Å². The Labute approximate surface area is 171 Å². The van der Waals surface area contributed by atoms with Gasteiger partial charge in [0.1, 0.15) is 17.9 Å². The van der Waals surface area contributed by atoms with Crippen molar-refractivity contribution < 1.29 is 14.3 Å². The molecule has 2 aromatic carbocycles. The molecular weight excluding hydrogens is 401 g/mol. The summed E-state index contributed by atoms with van der Waals surface area (Å²) in [7, 11) is 0. The van der Waals surface area contributed by atoms with E-state index in [1.165, 1.54) is 6.07 Å². The second-order valence-corrected chi connectivity index (χ2v) is 6.55. The summed E-state index contributed by atoms with van der Waals surface area (Å²) in [6.07, 6.45) is 2.90. The van der Waals surface area contributed by atoms with Gasteiger partial charge < -0.3 is 15.4 Å². The van der Waals surface area contributed by atoms with Crippen LogP contribution in [0.5, 0.6) is 11.5 Å². The number of hydrogen-bond acceptors (Lipinski definition) is 4. The van der Waals surface area contributed by atoms with Crippen LogP contribution in [0.1, 0.15) is 6.42 Å². The molecule has 6 nitrogen and oxygen atoms in total. The highest BCUT2D eigenvalue weighted by atomic mass is 35.5. The highest BCUT2D eigenvalue weighted by Crippen LogP contribution is 2.26. The van der Waals surface area contributed by atoms with Crippen molar-refractivity contribution in [1.29, 1.82) is 0 Å². The van der Waals surface area contributed by atoms with E-state index in [1.807, 2.05) is 0 Å². The molecule has 3 rings (SSSR count). The van der Waals surface area contributed by atoms with E-state index in [0.29, 0.717) is 32.9 Å². The van der Waals surface area contributed by atoms with Gasteiger partial charge in [0.15, 0.2) is 0 Å². The van der Waals surface area contributed by atoms with E-state index >= 15 is 0 Å². The molecule has 2 amide bonds. The lowest BCUT2D eigenvalue weighted by molar-refractivity contribution is -0.123. The Bertz CT molecular complexity index is 980. The molecule has 8 heteroatoms. The van der Waals surface area contributed by atoms with Crippen molar-refractivity contribution in [2.45, 2.75) is 6.42 Å². The van der Waals surface area contributed by atoms with Crippen molar-refractivity contribution in [3.8, 4) is 11.5 Å². The van der Waals surface area contributed by atoms with Crippen molar-refractivity contribution >= 4 is 46.4 Å². The Balaban J connectivity index is 1.53. The SMILES string of the molecule is O=C(CC(=O)Nc1cc(Cl)ccc1Cl)Nc1ccc(Oc2ccncc2)cc1. The third-order valence-electron chi connectivity index (χ3n) is 3.55. The van der Waals surface area contributed by atoms with E-state index in [9.17, 15) is 9.59 Å². The largest absolute Gasteiger partial charge is 0.457 e. The number of aromatic nitrogens is 1. The number of rotatable bonds is 6. The predicted molar refractivity (Wildman–Crippen MR) is 109 cm³/mol. The number of nitrogens with one attached hydrogen (secondary N) is 2. The number of hydrogen-bond donors (Lipinski definition) is 2. The maximum atomic E-state index is 12.1. The van der Waals surface area contributed by atoms with Crippen LogP contribution >= 0.6 is 23.2 Å². The Hall–Kier alpha value is -3.09. The molecule has 0 bridgehead atoms. The molecule has 0 saturated heterocycles. The number of carbonyl (C=O) groups excluding carboxylic acids is 2. The summed E-state index contributed by atoms with van der Waals surface area (Å²) in [5.41, 5.74) is 0.894. The van der Waals surface area contributed by atoms with E-state index in [4.69, 9.17) is 27.9 Å². The molecule has 0 fully saturated rings. The van der Waals surface area contributed by atoms with Crippen LogP contribution in [0.2, 0.25) is 10.0 Å². The maximum absolute atomic E-state index is 12.1. The number of benzene rings is 2. The summed E-state index contributed by atoms with van der Waals surface area (Å²) in [5, 5.41) is 5.98. The molecule has 1 heterocycles. The van der Waals surface area contributed by atoms with Gasteiger partial charge in [-0.3, -0.25) is 14.6 Å². The van der Waals surface area contributed by atoms with Crippen molar-refractivity contribution in [2.24, 2.45) is 0 Å². The second kappa shape index (κ2) is 9.21. The summed E-state index contributed by atoms with van der Waals surface area (Å²) in [6.45, 7) is 0.